The summed E-state index contributed by atoms with van der Waals surface area (Å²) in [5, 5.41) is 0. The van der Waals surface area contributed by atoms with E-state index in [0.717, 1.165) is 27.0 Å². The first-order valence-corrected chi connectivity index (χ1v) is 11.6. The lowest BCUT2D eigenvalue weighted by atomic mass is 10.0. The highest BCUT2D eigenvalue weighted by molar-refractivity contribution is 9.10. The zero-order valence-electron chi connectivity index (χ0n) is 15.8. The molecule has 0 saturated carbocycles. The van der Waals surface area contributed by atoms with Crippen LogP contribution in [0, 0.1) is 6.92 Å². The number of hydrogen-bond donors (Lipinski definition) is 1. The Balaban J connectivity index is 2.04. The van der Waals surface area contributed by atoms with Crippen molar-refractivity contribution in [2.24, 2.45) is 0 Å². The smallest absolute Gasteiger partial charge is 0.209 e. The number of halogens is 1. The molecule has 28 heavy (non-hydrogen) atoms. The van der Waals surface area contributed by atoms with Crippen molar-refractivity contribution in [3.8, 4) is 0 Å². The quantitative estimate of drug-likeness (QED) is 0.529. The molecule has 0 bridgehead atoms. The minimum atomic E-state index is -3.39. The van der Waals surface area contributed by atoms with E-state index >= 15 is 0 Å². The molecule has 0 aliphatic heterocycles. The SMILES string of the molecule is Cc1ccc([C@H](CN(c2ccccc2)c2ccccc2Br)NS(C)(=O)=O)cc1. The van der Waals surface area contributed by atoms with Gasteiger partial charge in [0.05, 0.1) is 18.0 Å². The van der Waals surface area contributed by atoms with Crippen molar-refractivity contribution < 1.29 is 8.42 Å². The summed E-state index contributed by atoms with van der Waals surface area (Å²) in [5.41, 5.74) is 4.01. The fraction of sp³-hybridized carbons (Fsp3) is 0.182. The number of hydrogen-bond acceptors (Lipinski definition) is 3. The molecule has 146 valence electrons. The van der Waals surface area contributed by atoms with Crippen LogP contribution >= 0.6 is 15.9 Å². The maximum atomic E-state index is 12.1. The molecule has 0 amide bonds. The van der Waals surface area contributed by atoms with Gasteiger partial charge in [-0.1, -0.05) is 60.2 Å². The van der Waals surface area contributed by atoms with Crippen LogP contribution in [0.5, 0.6) is 0 Å². The largest absolute Gasteiger partial charge is 0.339 e. The molecule has 0 aromatic heterocycles. The van der Waals surface area contributed by atoms with Crippen molar-refractivity contribution >= 4 is 37.3 Å². The molecule has 1 atom stereocenters. The van der Waals surface area contributed by atoms with Crippen LogP contribution in [0.4, 0.5) is 11.4 Å². The maximum absolute atomic E-state index is 12.1. The molecule has 0 spiro atoms. The third-order valence-corrected chi connectivity index (χ3v) is 5.80. The Morgan fingerprint density at radius 1 is 0.929 bits per heavy atom. The lowest BCUT2D eigenvalue weighted by molar-refractivity contribution is 0.562. The molecule has 6 heteroatoms. The second-order valence-corrected chi connectivity index (χ2v) is 9.39. The molecule has 0 heterocycles. The van der Waals surface area contributed by atoms with E-state index in [1.807, 2.05) is 85.8 Å². The highest BCUT2D eigenvalue weighted by atomic mass is 79.9. The maximum Gasteiger partial charge on any atom is 0.209 e. The van der Waals surface area contributed by atoms with E-state index in [1.54, 1.807) is 0 Å². The van der Waals surface area contributed by atoms with E-state index in [0.29, 0.717) is 6.54 Å². The Kier molecular flexibility index (Phi) is 6.54. The van der Waals surface area contributed by atoms with Crippen molar-refractivity contribution in [2.45, 2.75) is 13.0 Å². The van der Waals surface area contributed by atoms with Crippen LogP contribution in [0.2, 0.25) is 0 Å². The molecule has 0 fully saturated rings. The van der Waals surface area contributed by atoms with Crippen LogP contribution in [-0.4, -0.2) is 21.2 Å². The molecule has 3 aromatic rings. The highest BCUT2D eigenvalue weighted by Crippen LogP contribution is 2.33. The van der Waals surface area contributed by atoms with Crippen LogP contribution in [0.15, 0.2) is 83.3 Å². The molecule has 0 saturated heterocycles. The Hall–Kier alpha value is -2.15. The predicted octanol–water partition coefficient (Wildman–Crippen LogP) is 5.19. The lowest BCUT2D eigenvalue weighted by Gasteiger charge is -2.31. The van der Waals surface area contributed by atoms with Crippen molar-refractivity contribution in [2.75, 3.05) is 17.7 Å². The minimum Gasteiger partial charge on any atom is -0.339 e. The number of benzene rings is 3. The van der Waals surface area contributed by atoms with Gasteiger partial charge >= 0.3 is 0 Å². The molecule has 1 N–H and O–H groups in total. The summed E-state index contributed by atoms with van der Waals surface area (Å²) >= 11 is 3.63. The van der Waals surface area contributed by atoms with Crippen LogP contribution in [0.1, 0.15) is 17.2 Å². The Labute approximate surface area is 175 Å². The van der Waals surface area contributed by atoms with E-state index in [-0.39, 0.29) is 0 Å². The first-order chi connectivity index (χ1) is 13.3. The summed E-state index contributed by atoms with van der Waals surface area (Å²) in [4.78, 5) is 2.12. The minimum absolute atomic E-state index is 0.400. The molecule has 3 rings (SSSR count). The summed E-state index contributed by atoms with van der Waals surface area (Å²) in [6, 6.07) is 25.4. The average Bonchev–Trinajstić information content (AvgIpc) is 2.66. The van der Waals surface area contributed by atoms with Gasteiger partial charge in [-0.05, 0) is 52.7 Å². The van der Waals surface area contributed by atoms with E-state index in [1.165, 1.54) is 6.26 Å². The fourth-order valence-electron chi connectivity index (χ4n) is 3.07. The molecule has 0 aliphatic carbocycles. The van der Waals surface area contributed by atoms with Crippen LogP contribution < -0.4 is 9.62 Å². The number of rotatable bonds is 7. The molecule has 0 unspecified atom stereocenters. The third-order valence-electron chi connectivity index (χ3n) is 4.41. The topological polar surface area (TPSA) is 49.4 Å². The molecule has 4 nitrogen and oxygen atoms in total. The summed E-state index contributed by atoms with van der Waals surface area (Å²) in [6.07, 6.45) is 1.19. The number of nitrogens with one attached hydrogen (secondary N) is 1. The highest BCUT2D eigenvalue weighted by Gasteiger charge is 2.22. The van der Waals surface area contributed by atoms with Crippen LogP contribution in [0.25, 0.3) is 0 Å². The zero-order valence-corrected chi connectivity index (χ0v) is 18.2. The van der Waals surface area contributed by atoms with Gasteiger partial charge in [-0.15, -0.1) is 0 Å². The van der Waals surface area contributed by atoms with Gasteiger partial charge in [0.25, 0.3) is 0 Å². The van der Waals surface area contributed by atoms with Gasteiger partial charge in [-0.2, -0.15) is 0 Å². The van der Waals surface area contributed by atoms with Gasteiger partial charge in [0.1, 0.15) is 0 Å². The lowest BCUT2D eigenvalue weighted by Crippen LogP contribution is -2.36. The monoisotopic (exact) mass is 458 g/mol. The normalized spacial score (nSPS) is 12.5. The fourth-order valence-corrected chi connectivity index (χ4v) is 4.30. The van der Waals surface area contributed by atoms with Crippen molar-refractivity contribution in [1.29, 1.82) is 0 Å². The van der Waals surface area contributed by atoms with Crippen molar-refractivity contribution in [1.82, 2.24) is 4.72 Å². The van der Waals surface area contributed by atoms with Gasteiger partial charge in [0.15, 0.2) is 0 Å². The predicted molar refractivity (Wildman–Crippen MR) is 119 cm³/mol. The summed E-state index contributed by atoms with van der Waals surface area (Å²) in [7, 11) is -3.39. The van der Waals surface area contributed by atoms with E-state index in [4.69, 9.17) is 0 Å². The Morgan fingerprint density at radius 2 is 1.54 bits per heavy atom. The summed E-state index contributed by atoms with van der Waals surface area (Å²) in [6.45, 7) is 2.46. The van der Waals surface area contributed by atoms with E-state index in [9.17, 15) is 8.42 Å². The average molecular weight is 459 g/mol. The van der Waals surface area contributed by atoms with E-state index in [2.05, 4.69) is 25.6 Å². The first kappa shape index (κ1) is 20.6. The van der Waals surface area contributed by atoms with E-state index < -0.39 is 16.1 Å². The van der Waals surface area contributed by atoms with Crippen LogP contribution in [-0.2, 0) is 10.0 Å². The Bertz CT molecular complexity index is 1020. The number of para-hydroxylation sites is 2. The zero-order chi connectivity index (χ0) is 20.1. The third kappa shape index (κ3) is 5.44. The second kappa shape index (κ2) is 8.90. The van der Waals surface area contributed by atoms with Gasteiger partial charge in [0.2, 0.25) is 10.0 Å². The number of anilines is 2. The molecular formula is C22H23BrN2O2S. The first-order valence-electron chi connectivity index (χ1n) is 8.94. The molecule has 0 radical (unpaired) electrons. The second-order valence-electron chi connectivity index (χ2n) is 6.75. The van der Waals surface area contributed by atoms with Crippen LogP contribution in [0.3, 0.4) is 0 Å². The summed E-state index contributed by atoms with van der Waals surface area (Å²) < 4.78 is 27.9. The standard InChI is InChI=1S/C22H23BrN2O2S/c1-17-12-14-18(15-13-17)21(24-28(2,26)27)16-25(19-8-4-3-5-9-19)22-11-7-6-10-20(22)23/h3-15,21,24H,16H2,1-2H3/t21-/m0/s1. The Morgan fingerprint density at radius 3 is 2.14 bits per heavy atom. The number of aryl methyl sites for hydroxylation is 1. The molecular weight excluding hydrogens is 436 g/mol. The van der Waals surface area contributed by atoms with Crippen molar-refractivity contribution in [3.05, 3.63) is 94.5 Å². The van der Waals surface area contributed by atoms with Gasteiger partial charge in [-0.3, -0.25) is 0 Å². The van der Waals surface area contributed by atoms with Crippen molar-refractivity contribution in [3.63, 3.8) is 0 Å². The van der Waals surface area contributed by atoms with Gasteiger partial charge in [-0.25, -0.2) is 13.1 Å². The number of nitrogens with zero attached hydrogens (tertiary/aromatic N) is 1. The number of sulfonamides is 1. The summed E-state index contributed by atoms with van der Waals surface area (Å²) in [5.74, 6) is 0. The van der Waals surface area contributed by atoms with Gasteiger partial charge in [0, 0.05) is 16.7 Å². The molecule has 3 aromatic carbocycles. The molecule has 0 aliphatic rings. The van der Waals surface area contributed by atoms with Gasteiger partial charge < -0.3 is 4.90 Å².